The number of rotatable bonds is 4. The molecule has 128 valence electrons. The lowest BCUT2D eigenvalue weighted by molar-refractivity contribution is 0.179. The highest BCUT2D eigenvalue weighted by molar-refractivity contribution is 5.52. The highest BCUT2D eigenvalue weighted by Gasteiger charge is 2.23. The van der Waals surface area contributed by atoms with Crippen molar-refractivity contribution in [2.45, 2.75) is 25.3 Å². The summed E-state index contributed by atoms with van der Waals surface area (Å²) in [6.45, 7) is 2.55. The Bertz CT molecular complexity index is 889. The van der Waals surface area contributed by atoms with Gasteiger partial charge in [0.2, 0.25) is 0 Å². The summed E-state index contributed by atoms with van der Waals surface area (Å²) in [7, 11) is 0. The fourth-order valence-electron chi connectivity index (χ4n) is 3.29. The Balaban J connectivity index is 1.44. The van der Waals surface area contributed by atoms with E-state index in [1.54, 1.807) is 12.3 Å². The predicted molar refractivity (Wildman–Crippen MR) is 91.8 cm³/mol. The van der Waals surface area contributed by atoms with E-state index in [4.69, 9.17) is 4.52 Å². The van der Waals surface area contributed by atoms with E-state index in [2.05, 4.69) is 25.0 Å². The zero-order valence-electron chi connectivity index (χ0n) is 13.8. The first-order chi connectivity index (χ1) is 12.3. The summed E-state index contributed by atoms with van der Waals surface area (Å²) in [5.74, 6) is 1.09. The molecular weight excluding hydrogens is 318 g/mol. The van der Waals surface area contributed by atoms with E-state index in [-0.39, 0.29) is 11.5 Å². The topological polar surface area (TPSA) is 87.9 Å². The Labute approximate surface area is 144 Å². The van der Waals surface area contributed by atoms with E-state index in [0.717, 1.165) is 48.8 Å². The molecule has 3 aromatic rings. The molecular formula is C18H19N5O2. The zero-order valence-corrected chi connectivity index (χ0v) is 13.8. The number of nitrogens with one attached hydrogen (secondary N) is 1. The summed E-state index contributed by atoms with van der Waals surface area (Å²) in [5, 5.41) is 4.12. The maximum absolute atomic E-state index is 11.5. The lowest BCUT2D eigenvalue weighted by atomic mass is 9.94. The Hall–Kier alpha value is -2.80. The highest BCUT2D eigenvalue weighted by Crippen LogP contribution is 2.26. The van der Waals surface area contributed by atoms with Crippen molar-refractivity contribution in [3.05, 3.63) is 64.7 Å². The van der Waals surface area contributed by atoms with Gasteiger partial charge in [-0.2, -0.15) is 0 Å². The lowest BCUT2D eigenvalue weighted by Gasteiger charge is -2.31. The first-order valence-electron chi connectivity index (χ1n) is 8.42. The van der Waals surface area contributed by atoms with Gasteiger partial charge >= 0.3 is 0 Å². The maximum Gasteiger partial charge on any atom is 0.250 e. The molecule has 1 aliphatic heterocycles. The van der Waals surface area contributed by atoms with Crippen LogP contribution >= 0.6 is 0 Å². The van der Waals surface area contributed by atoms with Crippen molar-refractivity contribution in [3.63, 3.8) is 0 Å². The standard InChI is InChI=1S/C18H19N5O2/c24-18-9-16(20-12-21-18)13-4-3-7-23(10-13)11-14-8-17(22-25-14)15-5-1-2-6-19-15/h1-2,5-6,8-9,12-13H,3-4,7,10-11H2,(H,20,21,24). The van der Waals surface area contributed by atoms with Crippen molar-refractivity contribution < 1.29 is 4.52 Å². The van der Waals surface area contributed by atoms with Gasteiger partial charge in [-0.15, -0.1) is 0 Å². The number of H-pyrrole nitrogens is 1. The molecule has 3 aromatic heterocycles. The van der Waals surface area contributed by atoms with Crippen LogP contribution in [0.4, 0.5) is 0 Å². The molecule has 4 rings (SSSR count). The average molecular weight is 337 g/mol. The van der Waals surface area contributed by atoms with E-state index in [9.17, 15) is 4.79 Å². The third-order valence-corrected chi connectivity index (χ3v) is 4.49. The van der Waals surface area contributed by atoms with Crippen LogP contribution in [-0.2, 0) is 6.54 Å². The summed E-state index contributed by atoms with van der Waals surface area (Å²) < 4.78 is 5.48. The molecule has 25 heavy (non-hydrogen) atoms. The van der Waals surface area contributed by atoms with Gasteiger partial charge in [0.15, 0.2) is 5.76 Å². The van der Waals surface area contributed by atoms with Gasteiger partial charge in [-0.1, -0.05) is 11.2 Å². The number of hydrogen-bond acceptors (Lipinski definition) is 6. The fourth-order valence-corrected chi connectivity index (χ4v) is 3.29. The number of hydrogen-bond donors (Lipinski definition) is 1. The van der Waals surface area contributed by atoms with Gasteiger partial charge < -0.3 is 9.51 Å². The molecule has 1 atom stereocenters. The van der Waals surface area contributed by atoms with Crippen LogP contribution in [-0.4, -0.2) is 38.1 Å². The molecule has 4 heterocycles. The Morgan fingerprint density at radius 3 is 3.04 bits per heavy atom. The summed E-state index contributed by atoms with van der Waals surface area (Å²) in [4.78, 5) is 25.0. The molecule has 0 radical (unpaired) electrons. The first kappa shape index (κ1) is 15.7. The van der Waals surface area contributed by atoms with Gasteiger partial charge in [-0.25, -0.2) is 4.98 Å². The molecule has 1 N–H and O–H groups in total. The summed E-state index contributed by atoms with van der Waals surface area (Å²) in [6.07, 6.45) is 5.34. The molecule has 1 saturated heterocycles. The van der Waals surface area contributed by atoms with Crippen molar-refractivity contribution >= 4 is 0 Å². The number of pyridine rings is 1. The van der Waals surface area contributed by atoms with Crippen molar-refractivity contribution in [1.29, 1.82) is 0 Å². The van der Waals surface area contributed by atoms with E-state index >= 15 is 0 Å². The van der Waals surface area contributed by atoms with Crippen molar-refractivity contribution in [2.24, 2.45) is 0 Å². The molecule has 7 heteroatoms. The molecule has 0 spiro atoms. The molecule has 1 unspecified atom stereocenters. The van der Waals surface area contributed by atoms with E-state index in [1.165, 1.54) is 6.33 Å². The Morgan fingerprint density at radius 2 is 2.20 bits per heavy atom. The Kier molecular flexibility index (Phi) is 4.39. The van der Waals surface area contributed by atoms with Gasteiger partial charge in [0.25, 0.3) is 5.56 Å². The second-order valence-electron chi connectivity index (χ2n) is 6.30. The van der Waals surface area contributed by atoms with Crippen molar-refractivity contribution in [1.82, 2.24) is 25.0 Å². The number of piperidine rings is 1. The molecule has 0 aliphatic carbocycles. The molecule has 1 aliphatic rings. The number of likely N-dealkylation sites (tertiary alicyclic amines) is 1. The van der Waals surface area contributed by atoms with Crippen LogP contribution in [0.2, 0.25) is 0 Å². The molecule has 0 bridgehead atoms. The fraction of sp³-hybridized carbons (Fsp3) is 0.333. The quantitative estimate of drug-likeness (QED) is 0.785. The van der Waals surface area contributed by atoms with E-state index in [0.29, 0.717) is 6.54 Å². The van der Waals surface area contributed by atoms with Crippen LogP contribution in [0.15, 0.2) is 52.2 Å². The monoisotopic (exact) mass is 337 g/mol. The average Bonchev–Trinajstić information content (AvgIpc) is 3.11. The van der Waals surface area contributed by atoms with Crippen LogP contribution in [0.1, 0.15) is 30.2 Å². The SMILES string of the molecule is O=c1cc(C2CCCN(Cc3cc(-c4ccccn4)no3)C2)nc[nH]1. The van der Waals surface area contributed by atoms with E-state index < -0.39 is 0 Å². The van der Waals surface area contributed by atoms with Gasteiger partial charge in [-0.3, -0.25) is 14.7 Å². The smallest absolute Gasteiger partial charge is 0.250 e. The van der Waals surface area contributed by atoms with Crippen LogP contribution in [0.5, 0.6) is 0 Å². The van der Waals surface area contributed by atoms with Gasteiger partial charge in [-0.05, 0) is 31.5 Å². The Morgan fingerprint density at radius 1 is 1.24 bits per heavy atom. The summed E-state index contributed by atoms with van der Waals surface area (Å²) in [6, 6.07) is 9.26. The molecule has 1 fully saturated rings. The van der Waals surface area contributed by atoms with Gasteiger partial charge in [0.05, 0.1) is 24.3 Å². The van der Waals surface area contributed by atoms with Crippen LogP contribution in [0.25, 0.3) is 11.4 Å². The second kappa shape index (κ2) is 6.98. The van der Waals surface area contributed by atoms with Crippen LogP contribution in [0, 0.1) is 0 Å². The highest BCUT2D eigenvalue weighted by atomic mass is 16.5. The normalized spacial score (nSPS) is 18.3. The van der Waals surface area contributed by atoms with E-state index in [1.807, 2.05) is 24.3 Å². The van der Waals surface area contributed by atoms with Gasteiger partial charge in [0.1, 0.15) is 5.69 Å². The van der Waals surface area contributed by atoms with Crippen LogP contribution < -0.4 is 5.56 Å². The predicted octanol–water partition coefficient (Wildman–Crippen LogP) is 2.20. The molecule has 7 nitrogen and oxygen atoms in total. The third kappa shape index (κ3) is 3.66. The van der Waals surface area contributed by atoms with Crippen molar-refractivity contribution in [3.8, 4) is 11.4 Å². The zero-order chi connectivity index (χ0) is 17.1. The third-order valence-electron chi connectivity index (χ3n) is 4.49. The minimum atomic E-state index is -0.0997. The second-order valence-corrected chi connectivity index (χ2v) is 6.30. The maximum atomic E-state index is 11.5. The molecule has 0 amide bonds. The molecule has 0 saturated carbocycles. The van der Waals surface area contributed by atoms with Gasteiger partial charge in [0, 0.05) is 30.8 Å². The minimum Gasteiger partial charge on any atom is -0.359 e. The largest absolute Gasteiger partial charge is 0.359 e. The minimum absolute atomic E-state index is 0.0997. The number of nitrogens with zero attached hydrogens (tertiary/aromatic N) is 4. The van der Waals surface area contributed by atoms with Crippen LogP contribution in [0.3, 0.4) is 0 Å². The summed E-state index contributed by atoms with van der Waals surface area (Å²) >= 11 is 0. The molecule has 0 aromatic carbocycles. The van der Waals surface area contributed by atoms with Crippen molar-refractivity contribution in [2.75, 3.05) is 13.1 Å². The number of aromatic nitrogens is 4. The lowest BCUT2D eigenvalue weighted by Crippen LogP contribution is -2.34. The summed E-state index contributed by atoms with van der Waals surface area (Å²) in [5.41, 5.74) is 2.32. The first-order valence-corrected chi connectivity index (χ1v) is 8.42. The number of aromatic amines is 1.